The molecule has 0 spiro atoms. The maximum atomic E-state index is 10.8. The molecule has 0 aliphatic heterocycles. The molecule has 1 atom stereocenters. The smallest absolute Gasteiger partial charge is 0.747 e. The summed E-state index contributed by atoms with van der Waals surface area (Å²) in [5.41, 5.74) is 0. The zero-order chi connectivity index (χ0) is 18.3. The SMILES string of the molecule is CCCCCCCCCCCCCCCCC(C(=O)[O-])S(=O)(=O)[O-].[Na+].[Na+]. The van der Waals surface area contributed by atoms with Gasteiger partial charge in [0.2, 0.25) is 0 Å². The zero-order valence-corrected chi connectivity index (χ0v) is 21.9. The fraction of sp³-hybridized carbons (Fsp3) is 0.944. The normalized spacial score (nSPS) is 12.1. The van der Waals surface area contributed by atoms with Crippen LogP contribution in [0.5, 0.6) is 0 Å². The largest absolute Gasteiger partial charge is 1.00 e. The molecule has 0 rings (SSSR count). The first-order valence-electron chi connectivity index (χ1n) is 9.55. The fourth-order valence-electron chi connectivity index (χ4n) is 2.90. The Labute approximate surface area is 204 Å². The molecular weight excluding hydrogens is 374 g/mol. The standard InChI is InChI=1S/C18H36O5S.2Na/c1-2-3-4-5-6-7-8-9-10-11-12-13-14-15-16-17(18(19)20)24(21,22)23;;/h17H,2-16H2,1H3,(H,19,20)(H,21,22,23);;/q;2*+1/p-2. The molecule has 0 aliphatic rings. The molecule has 0 bridgehead atoms. The van der Waals surface area contributed by atoms with Crippen LogP contribution in [0.1, 0.15) is 103 Å². The summed E-state index contributed by atoms with van der Waals surface area (Å²) >= 11 is 0. The minimum atomic E-state index is -4.79. The monoisotopic (exact) mass is 408 g/mol. The van der Waals surface area contributed by atoms with Crippen LogP contribution in [0.15, 0.2) is 0 Å². The summed E-state index contributed by atoms with van der Waals surface area (Å²) in [6.45, 7) is 2.23. The number of carbonyl (C=O) groups excluding carboxylic acids is 1. The second-order valence-corrected chi connectivity index (χ2v) is 8.24. The van der Waals surface area contributed by atoms with Gasteiger partial charge in [0.05, 0.1) is 11.2 Å². The van der Waals surface area contributed by atoms with Crippen molar-refractivity contribution in [2.24, 2.45) is 0 Å². The zero-order valence-electron chi connectivity index (χ0n) is 17.1. The average molecular weight is 409 g/mol. The quantitative estimate of drug-likeness (QED) is 0.151. The summed E-state index contributed by atoms with van der Waals surface area (Å²) in [4.78, 5) is 10.6. The molecule has 0 aromatic carbocycles. The predicted molar refractivity (Wildman–Crippen MR) is 93.4 cm³/mol. The molecule has 144 valence electrons. The van der Waals surface area contributed by atoms with E-state index in [-0.39, 0.29) is 65.5 Å². The van der Waals surface area contributed by atoms with Crippen molar-refractivity contribution in [1.82, 2.24) is 0 Å². The van der Waals surface area contributed by atoms with E-state index < -0.39 is 21.3 Å². The fourth-order valence-corrected chi connectivity index (χ4v) is 3.60. The Morgan fingerprint density at radius 1 is 0.731 bits per heavy atom. The molecule has 26 heavy (non-hydrogen) atoms. The number of hydrogen-bond donors (Lipinski definition) is 0. The van der Waals surface area contributed by atoms with E-state index >= 15 is 0 Å². The van der Waals surface area contributed by atoms with Gasteiger partial charge in [-0.25, -0.2) is 8.42 Å². The van der Waals surface area contributed by atoms with Crippen molar-refractivity contribution < 1.29 is 82.0 Å². The molecule has 0 saturated heterocycles. The molecule has 1 unspecified atom stereocenters. The Morgan fingerprint density at radius 2 is 1.04 bits per heavy atom. The molecular formula is C18H34Na2O5S. The second kappa shape index (κ2) is 21.1. The number of carboxylic acid groups (broad SMARTS) is 1. The van der Waals surface area contributed by atoms with Crippen LogP contribution < -0.4 is 64.2 Å². The molecule has 0 aromatic rings. The first-order chi connectivity index (χ1) is 11.4. The molecule has 0 fully saturated rings. The van der Waals surface area contributed by atoms with Crippen molar-refractivity contribution in [2.45, 2.75) is 108 Å². The molecule has 8 heteroatoms. The minimum Gasteiger partial charge on any atom is -0.747 e. The van der Waals surface area contributed by atoms with Crippen molar-refractivity contribution in [3.63, 3.8) is 0 Å². The van der Waals surface area contributed by atoms with Crippen LogP contribution in [0.2, 0.25) is 0 Å². The van der Waals surface area contributed by atoms with Crippen molar-refractivity contribution >= 4 is 16.1 Å². The van der Waals surface area contributed by atoms with Crippen LogP contribution in [-0.2, 0) is 14.9 Å². The van der Waals surface area contributed by atoms with Crippen LogP contribution in [-0.4, -0.2) is 24.2 Å². The van der Waals surface area contributed by atoms with Crippen LogP contribution in [0, 0.1) is 0 Å². The van der Waals surface area contributed by atoms with Crippen molar-refractivity contribution in [1.29, 1.82) is 0 Å². The number of carboxylic acids is 1. The first kappa shape index (κ1) is 32.1. The van der Waals surface area contributed by atoms with E-state index in [4.69, 9.17) is 0 Å². The van der Waals surface area contributed by atoms with Gasteiger partial charge < -0.3 is 14.5 Å². The predicted octanol–water partition coefficient (Wildman–Crippen LogP) is -2.47. The number of rotatable bonds is 17. The summed E-state index contributed by atoms with van der Waals surface area (Å²) in [5.74, 6) is -1.78. The Bertz CT molecular complexity index is 416. The van der Waals surface area contributed by atoms with Gasteiger partial charge in [-0.15, -0.1) is 0 Å². The molecule has 0 N–H and O–H groups in total. The topological polar surface area (TPSA) is 97.3 Å². The Kier molecular flexibility index (Phi) is 26.0. The molecule has 0 heterocycles. The van der Waals surface area contributed by atoms with E-state index in [2.05, 4.69) is 6.92 Å². The summed E-state index contributed by atoms with van der Waals surface area (Å²) < 4.78 is 32.3. The van der Waals surface area contributed by atoms with E-state index in [1.165, 1.54) is 64.2 Å². The van der Waals surface area contributed by atoms with Crippen molar-refractivity contribution in [3.8, 4) is 0 Å². The number of aliphatic carboxylic acids is 1. The van der Waals surface area contributed by atoms with Gasteiger partial charge in [0.15, 0.2) is 0 Å². The summed E-state index contributed by atoms with van der Waals surface area (Å²) in [5, 5.41) is 8.73. The van der Waals surface area contributed by atoms with Gasteiger partial charge in [-0.3, -0.25) is 0 Å². The van der Waals surface area contributed by atoms with E-state index in [0.29, 0.717) is 6.42 Å². The van der Waals surface area contributed by atoms with Crippen LogP contribution >= 0.6 is 0 Å². The van der Waals surface area contributed by atoms with Crippen LogP contribution in [0.25, 0.3) is 0 Å². The molecule has 0 aromatic heterocycles. The molecule has 0 saturated carbocycles. The van der Waals surface area contributed by atoms with Gasteiger partial charge in [-0.1, -0.05) is 96.8 Å². The van der Waals surface area contributed by atoms with E-state index in [1.807, 2.05) is 0 Å². The third kappa shape index (κ3) is 20.1. The van der Waals surface area contributed by atoms with Gasteiger partial charge in [0.1, 0.15) is 10.1 Å². The third-order valence-corrected chi connectivity index (χ3v) is 5.56. The van der Waals surface area contributed by atoms with Crippen molar-refractivity contribution in [3.05, 3.63) is 0 Å². The van der Waals surface area contributed by atoms with E-state index in [9.17, 15) is 22.9 Å². The number of hydrogen-bond acceptors (Lipinski definition) is 5. The van der Waals surface area contributed by atoms with Crippen LogP contribution in [0.3, 0.4) is 0 Å². The third-order valence-electron chi connectivity index (χ3n) is 4.43. The second-order valence-electron chi connectivity index (χ2n) is 6.69. The molecule has 5 nitrogen and oxygen atoms in total. The minimum absolute atomic E-state index is 0. The van der Waals surface area contributed by atoms with Gasteiger partial charge in [-0.05, 0) is 6.42 Å². The maximum absolute atomic E-state index is 10.8. The summed E-state index contributed by atoms with van der Waals surface area (Å²) in [7, 11) is -4.79. The Balaban J connectivity index is -0.00000264. The first-order valence-corrected chi connectivity index (χ1v) is 11.0. The van der Waals surface area contributed by atoms with Gasteiger partial charge in [0.25, 0.3) is 0 Å². The van der Waals surface area contributed by atoms with Gasteiger partial charge in [-0.2, -0.15) is 0 Å². The van der Waals surface area contributed by atoms with Gasteiger partial charge >= 0.3 is 59.1 Å². The summed E-state index contributed by atoms with van der Waals surface area (Å²) in [6, 6.07) is 0. The maximum Gasteiger partial charge on any atom is 1.00 e. The summed E-state index contributed by atoms with van der Waals surface area (Å²) in [6.07, 6.45) is 16.1. The molecule has 0 aliphatic carbocycles. The van der Waals surface area contributed by atoms with E-state index in [0.717, 1.165) is 19.3 Å². The van der Waals surface area contributed by atoms with E-state index in [1.54, 1.807) is 0 Å². The average Bonchev–Trinajstić information content (AvgIpc) is 2.49. The number of unbranched alkanes of at least 4 members (excludes halogenated alkanes) is 13. The Hall–Kier alpha value is 1.38. The van der Waals surface area contributed by atoms with Crippen LogP contribution in [0.4, 0.5) is 0 Å². The molecule has 0 radical (unpaired) electrons. The van der Waals surface area contributed by atoms with Crippen molar-refractivity contribution in [2.75, 3.05) is 0 Å². The number of carbonyl (C=O) groups is 1. The van der Waals surface area contributed by atoms with Gasteiger partial charge in [0, 0.05) is 0 Å². The molecule has 0 amide bonds. The Morgan fingerprint density at radius 3 is 1.31 bits per heavy atom.